The number of ketones is 1. The van der Waals surface area contributed by atoms with Gasteiger partial charge in [-0.2, -0.15) is 0 Å². The highest BCUT2D eigenvalue weighted by molar-refractivity contribution is 5.78. The molecule has 0 aliphatic heterocycles. The van der Waals surface area contributed by atoms with E-state index in [1.54, 1.807) is 7.11 Å². The smallest absolute Gasteiger partial charge is 0.133 e. The molecular formula is C33H48O3. The summed E-state index contributed by atoms with van der Waals surface area (Å²) in [6.07, 6.45) is 11.3. The molecule has 3 nitrogen and oxygen atoms in total. The average Bonchev–Trinajstić information content (AvgIpc) is 2.91. The monoisotopic (exact) mass is 492 g/mol. The van der Waals surface area contributed by atoms with Crippen molar-refractivity contribution in [2.45, 2.75) is 97.3 Å². The fourth-order valence-electron chi connectivity index (χ4n) is 4.74. The van der Waals surface area contributed by atoms with Crippen LogP contribution < -0.4 is 9.47 Å². The molecule has 0 aromatic heterocycles. The first-order chi connectivity index (χ1) is 17.5. The molecule has 3 heteroatoms. The summed E-state index contributed by atoms with van der Waals surface area (Å²) in [4.78, 5) is 12.7. The Kier molecular flexibility index (Phi) is 14.0. The minimum atomic E-state index is 0.366. The third-order valence-electron chi connectivity index (χ3n) is 7.33. The van der Waals surface area contributed by atoms with Crippen LogP contribution in [0.3, 0.4) is 0 Å². The molecule has 0 radical (unpaired) electrons. The zero-order valence-corrected chi connectivity index (χ0v) is 23.2. The second kappa shape index (κ2) is 17.0. The molecule has 198 valence electrons. The maximum atomic E-state index is 12.7. The summed E-state index contributed by atoms with van der Waals surface area (Å²) < 4.78 is 11.1. The molecule has 0 amide bonds. The number of rotatable bonds is 19. The van der Waals surface area contributed by atoms with Crippen LogP contribution in [0.4, 0.5) is 0 Å². The van der Waals surface area contributed by atoms with E-state index >= 15 is 0 Å². The molecule has 0 heterocycles. The van der Waals surface area contributed by atoms with Crippen LogP contribution in [-0.2, 0) is 4.79 Å². The SMILES string of the molecule is C=C(CCCCCC(=O)C[C@H](CC)[C@H](C)c1ccc(OCCCCCC)cc1)c1ccc(OC)cc1. The van der Waals surface area contributed by atoms with Gasteiger partial charge in [-0.25, -0.2) is 0 Å². The van der Waals surface area contributed by atoms with Gasteiger partial charge >= 0.3 is 0 Å². The van der Waals surface area contributed by atoms with Crippen LogP contribution in [0.15, 0.2) is 55.1 Å². The highest BCUT2D eigenvalue weighted by Crippen LogP contribution is 2.31. The molecular weight excluding hydrogens is 444 g/mol. The van der Waals surface area contributed by atoms with Crippen molar-refractivity contribution in [2.24, 2.45) is 5.92 Å². The van der Waals surface area contributed by atoms with Crippen LogP contribution in [0.5, 0.6) is 11.5 Å². The van der Waals surface area contributed by atoms with E-state index in [0.29, 0.717) is 30.5 Å². The van der Waals surface area contributed by atoms with Crippen LogP contribution in [0.1, 0.15) is 108 Å². The molecule has 0 unspecified atom stereocenters. The summed E-state index contributed by atoms with van der Waals surface area (Å²) in [6.45, 7) is 11.7. The topological polar surface area (TPSA) is 35.5 Å². The van der Waals surface area contributed by atoms with Crippen molar-refractivity contribution in [2.75, 3.05) is 13.7 Å². The molecule has 0 fully saturated rings. The maximum Gasteiger partial charge on any atom is 0.133 e. The minimum Gasteiger partial charge on any atom is -0.497 e. The maximum absolute atomic E-state index is 12.7. The molecule has 0 aliphatic rings. The third kappa shape index (κ3) is 10.6. The Hall–Kier alpha value is -2.55. The van der Waals surface area contributed by atoms with Gasteiger partial charge in [-0.15, -0.1) is 0 Å². The van der Waals surface area contributed by atoms with Gasteiger partial charge in [0.25, 0.3) is 0 Å². The van der Waals surface area contributed by atoms with Gasteiger partial charge in [-0.05, 0) is 78.5 Å². The molecule has 0 aliphatic carbocycles. The fraction of sp³-hybridized carbons (Fsp3) is 0.545. The van der Waals surface area contributed by atoms with Crippen molar-refractivity contribution in [3.63, 3.8) is 0 Å². The number of carbonyl (C=O) groups excluding carboxylic acids is 1. The normalized spacial score (nSPS) is 12.7. The van der Waals surface area contributed by atoms with Crippen molar-refractivity contribution in [1.29, 1.82) is 0 Å². The minimum absolute atomic E-state index is 0.366. The predicted octanol–water partition coefficient (Wildman–Crippen LogP) is 9.41. The molecule has 0 bridgehead atoms. The number of hydrogen-bond acceptors (Lipinski definition) is 3. The predicted molar refractivity (Wildman–Crippen MR) is 153 cm³/mol. The first-order valence-electron chi connectivity index (χ1n) is 14.0. The second-order valence-electron chi connectivity index (χ2n) is 10.1. The van der Waals surface area contributed by atoms with E-state index in [4.69, 9.17) is 9.47 Å². The number of allylic oxidation sites excluding steroid dienone is 1. The van der Waals surface area contributed by atoms with Crippen LogP contribution >= 0.6 is 0 Å². The Morgan fingerprint density at radius 2 is 1.47 bits per heavy atom. The van der Waals surface area contributed by atoms with E-state index in [1.165, 1.54) is 30.4 Å². The lowest BCUT2D eigenvalue weighted by molar-refractivity contribution is -0.120. The number of hydrogen-bond donors (Lipinski definition) is 0. The van der Waals surface area contributed by atoms with Gasteiger partial charge in [0, 0.05) is 12.8 Å². The van der Waals surface area contributed by atoms with E-state index in [-0.39, 0.29) is 0 Å². The zero-order valence-electron chi connectivity index (χ0n) is 23.2. The first kappa shape index (κ1) is 29.7. The number of methoxy groups -OCH3 is 1. The Morgan fingerprint density at radius 1 is 0.833 bits per heavy atom. The number of carbonyl (C=O) groups is 1. The summed E-state index contributed by atoms with van der Waals surface area (Å²) >= 11 is 0. The Balaban J connectivity index is 1.68. The van der Waals surface area contributed by atoms with Crippen LogP contribution in [0, 0.1) is 5.92 Å². The quantitative estimate of drug-likeness (QED) is 0.183. The lowest BCUT2D eigenvalue weighted by atomic mass is 9.82. The van der Waals surface area contributed by atoms with Gasteiger partial charge in [0.05, 0.1) is 13.7 Å². The Morgan fingerprint density at radius 3 is 2.11 bits per heavy atom. The van der Waals surface area contributed by atoms with Gasteiger partial charge in [0.1, 0.15) is 17.3 Å². The number of ether oxygens (including phenoxy) is 2. The van der Waals surface area contributed by atoms with Gasteiger partial charge in [-0.1, -0.05) is 83.7 Å². The highest BCUT2D eigenvalue weighted by atomic mass is 16.5. The van der Waals surface area contributed by atoms with Crippen LogP contribution in [-0.4, -0.2) is 19.5 Å². The van der Waals surface area contributed by atoms with E-state index in [9.17, 15) is 4.79 Å². The van der Waals surface area contributed by atoms with Crippen LogP contribution in [0.2, 0.25) is 0 Å². The van der Waals surface area contributed by atoms with Crippen molar-refractivity contribution in [3.05, 3.63) is 66.2 Å². The molecule has 2 aromatic rings. The highest BCUT2D eigenvalue weighted by Gasteiger charge is 2.20. The molecule has 2 aromatic carbocycles. The average molecular weight is 493 g/mol. The molecule has 0 spiro atoms. The van der Waals surface area contributed by atoms with E-state index in [2.05, 4.69) is 63.7 Å². The zero-order chi connectivity index (χ0) is 26.2. The fourth-order valence-corrected chi connectivity index (χ4v) is 4.74. The number of Topliss-reactive ketones (excluding diaryl/α,β-unsaturated/α-hetero) is 1. The summed E-state index contributed by atoms with van der Waals surface area (Å²) in [5.74, 6) is 2.96. The summed E-state index contributed by atoms with van der Waals surface area (Å²) in [6, 6.07) is 16.6. The van der Waals surface area contributed by atoms with Gasteiger partial charge < -0.3 is 9.47 Å². The van der Waals surface area contributed by atoms with Crippen molar-refractivity contribution >= 4 is 11.4 Å². The molecule has 2 rings (SSSR count). The summed E-state index contributed by atoms with van der Waals surface area (Å²) in [5.41, 5.74) is 3.61. The van der Waals surface area contributed by atoms with Crippen molar-refractivity contribution in [1.82, 2.24) is 0 Å². The standard InChI is InChI=1S/C33H48O3/c1-6-8-9-13-24-36-33-22-18-30(19-23-33)27(4)28(7-2)25-31(34)15-12-10-11-14-26(3)29-16-20-32(35-5)21-17-29/h16-23,27-28H,3,6-15,24-25H2,1-2,4-5H3/t27-,28-/m0/s1. The molecule has 0 saturated heterocycles. The Bertz CT molecular complexity index is 882. The number of benzene rings is 2. The largest absolute Gasteiger partial charge is 0.497 e. The second-order valence-corrected chi connectivity index (χ2v) is 10.1. The van der Waals surface area contributed by atoms with E-state index in [1.807, 2.05) is 12.1 Å². The van der Waals surface area contributed by atoms with E-state index < -0.39 is 0 Å². The summed E-state index contributed by atoms with van der Waals surface area (Å²) in [5, 5.41) is 0. The number of unbranched alkanes of at least 4 members (excludes halogenated alkanes) is 5. The van der Waals surface area contributed by atoms with Crippen molar-refractivity contribution in [3.8, 4) is 11.5 Å². The van der Waals surface area contributed by atoms with Crippen LogP contribution in [0.25, 0.3) is 5.57 Å². The molecule has 36 heavy (non-hydrogen) atoms. The lowest BCUT2D eigenvalue weighted by Gasteiger charge is -2.23. The van der Waals surface area contributed by atoms with Gasteiger partial charge in [0.2, 0.25) is 0 Å². The van der Waals surface area contributed by atoms with E-state index in [0.717, 1.165) is 62.2 Å². The van der Waals surface area contributed by atoms with Gasteiger partial charge in [-0.3, -0.25) is 4.79 Å². The van der Waals surface area contributed by atoms with Gasteiger partial charge in [0.15, 0.2) is 0 Å². The van der Waals surface area contributed by atoms with Crippen molar-refractivity contribution < 1.29 is 14.3 Å². The first-order valence-corrected chi connectivity index (χ1v) is 14.0. The Labute approximate surface area is 220 Å². The molecule has 2 atom stereocenters. The third-order valence-corrected chi connectivity index (χ3v) is 7.33. The summed E-state index contributed by atoms with van der Waals surface area (Å²) in [7, 11) is 1.68. The molecule has 0 N–H and O–H groups in total. The molecule has 0 saturated carbocycles. The lowest BCUT2D eigenvalue weighted by Crippen LogP contribution is -2.14.